The monoisotopic (exact) mass is 257 g/mol. The maximum absolute atomic E-state index is 13.1. The molecule has 0 spiro atoms. The Morgan fingerprint density at radius 1 is 1.53 bits per heavy atom. The van der Waals surface area contributed by atoms with Crippen LogP contribution < -0.4 is 10.6 Å². The van der Waals surface area contributed by atoms with Crippen molar-refractivity contribution in [2.24, 2.45) is 0 Å². The molecule has 1 aliphatic heterocycles. The van der Waals surface area contributed by atoms with E-state index in [1.807, 2.05) is 0 Å². The Bertz CT molecular complexity index is 427. The first-order valence-corrected chi connectivity index (χ1v) is 5.76. The van der Waals surface area contributed by atoms with E-state index in [0.717, 1.165) is 6.54 Å². The molecule has 92 valence electrons. The summed E-state index contributed by atoms with van der Waals surface area (Å²) in [5, 5.41) is 5.86. The predicted molar refractivity (Wildman–Crippen MR) is 64.9 cm³/mol. The van der Waals surface area contributed by atoms with Crippen molar-refractivity contribution in [2.45, 2.75) is 0 Å². The van der Waals surface area contributed by atoms with E-state index in [2.05, 4.69) is 10.6 Å². The Hall–Kier alpha value is -1.49. The van der Waals surface area contributed by atoms with Crippen molar-refractivity contribution in [2.75, 3.05) is 31.5 Å². The fourth-order valence-electron chi connectivity index (χ4n) is 1.67. The molecule has 0 aromatic heterocycles. The number of benzene rings is 1. The van der Waals surface area contributed by atoms with Crippen LogP contribution in [0.2, 0.25) is 5.02 Å². The second-order valence-corrected chi connectivity index (χ2v) is 4.18. The van der Waals surface area contributed by atoms with Crippen LogP contribution in [-0.4, -0.2) is 37.1 Å². The van der Waals surface area contributed by atoms with Gasteiger partial charge in [0.25, 0.3) is 0 Å². The lowest BCUT2D eigenvalue weighted by Gasteiger charge is -2.14. The third-order valence-electron chi connectivity index (χ3n) is 2.58. The van der Waals surface area contributed by atoms with E-state index >= 15 is 0 Å². The van der Waals surface area contributed by atoms with Crippen LogP contribution in [-0.2, 0) is 0 Å². The molecule has 0 aliphatic carbocycles. The Morgan fingerprint density at radius 3 is 3.00 bits per heavy atom. The van der Waals surface area contributed by atoms with Gasteiger partial charge in [-0.1, -0.05) is 11.6 Å². The predicted octanol–water partition coefficient (Wildman–Crippen LogP) is 1.92. The van der Waals surface area contributed by atoms with E-state index in [4.69, 9.17) is 11.6 Å². The lowest BCUT2D eigenvalue weighted by molar-refractivity contribution is 0.219. The molecular weight excluding hydrogens is 245 g/mol. The molecule has 0 radical (unpaired) electrons. The topological polar surface area (TPSA) is 44.4 Å². The quantitative estimate of drug-likeness (QED) is 0.866. The number of rotatable bonds is 4. The SMILES string of the molecule is O=C1NCCN1CCNc1ccc(Cl)c(F)c1. The van der Waals surface area contributed by atoms with Gasteiger partial charge < -0.3 is 15.5 Å². The average Bonchev–Trinajstić information content (AvgIpc) is 2.70. The molecule has 1 aromatic rings. The van der Waals surface area contributed by atoms with Gasteiger partial charge >= 0.3 is 6.03 Å². The second kappa shape index (κ2) is 5.23. The fraction of sp³-hybridized carbons (Fsp3) is 0.364. The van der Waals surface area contributed by atoms with E-state index in [0.29, 0.717) is 25.3 Å². The first kappa shape index (κ1) is 12.0. The van der Waals surface area contributed by atoms with Gasteiger partial charge in [-0.3, -0.25) is 0 Å². The Morgan fingerprint density at radius 2 is 2.35 bits per heavy atom. The lowest BCUT2D eigenvalue weighted by atomic mass is 10.3. The number of nitrogens with zero attached hydrogens (tertiary/aromatic N) is 1. The molecule has 17 heavy (non-hydrogen) atoms. The molecule has 2 amide bonds. The van der Waals surface area contributed by atoms with E-state index in [-0.39, 0.29) is 11.1 Å². The maximum Gasteiger partial charge on any atom is 0.317 e. The number of hydrogen-bond donors (Lipinski definition) is 2. The summed E-state index contributed by atoms with van der Waals surface area (Å²) in [5.74, 6) is -0.449. The molecule has 1 aromatic carbocycles. The summed E-state index contributed by atoms with van der Waals surface area (Å²) in [5.41, 5.74) is 0.659. The number of amides is 2. The number of anilines is 1. The molecule has 0 unspecified atom stereocenters. The molecule has 0 atom stereocenters. The lowest BCUT2D eigenvalue weighted by Crippen LogP contribution is -2.32. The minimum atomic E-state index is -0.449. The van der Waals surface area contributed by atoms with Crippen LogP contribution >= 0.6 is 11.6 Å². The van der Waals surface area contributed by atoms with Crippen LogP contribution in [0.1, 0.15) is 0 Å². The molecule has 1 saturated heterocycles. The number of urea groups is 1. The summed E-state index contributed by atoms with van der Waals surface area (Å²) in [4.78, 5) is 12.9. The normalized spacial score (nSPS) is 14.9. The molecule has 2 N–H and O–H groups in total. The summed E-state index contributed by atoms with van der Waals surface area (Å²) >= 11 is 5.57. The van der Waals surface area contributed by atoms with Crippen LogP contribution in [0.5, 0.6) is 0 Å². The number of nitrogens with one attached hydrogen (secondary N) is 2. The van der Waals surface area contributed by atoms with Gasteiger partial charge in [0.2, 0.25) is 0 Å². The smallest absolute Gasteiger partial charge is 0.317 e. The fourth-order valence-corrected chi connectivity index (χ4v) is 1.78. The third-order valence-corrected chi connectivity index (χ3v) is 2.88. The van der Waals surface area contributed by atoms with Gasteiger partial charge in [-0.2, -0.15) is 0 Å². The molecule has 1 heterocycles. The van der Waals surface area contributed by atoms with Crippen molar-refractivity contribution in [3.8, 4) is 0 Å². The zero-order valence-electron chi connectivity index (χ0n) is 9.17. The molecule has 0 bridgehead atoms. The standard InChI is InChI=1S/C11H13ClFN3O/c12-9-2-1-8(7-10(9)13)14-3-5-16-6-4-15-11(16)17/h1-2,7,14H,3-6H2,(H,15,17). The Labute approximate surface area is 104 Å². The molecule has 2 rings (SSSR count). The van der Waals surface area contributed by atoms with Crippen molar-refractivity contribution in [1.29, 1.82) is 0 Å². The van der Waals surface area contributed by atoms with Crippen molar-refractivity contribution in [3.63, 3.8) is 0 Å². The summed E-state index contributed by atoms with van der Waals surface area (Å²) in [6.07, 6.45) is 0. The second-order valence-electron chi connectivity index (χ2n) is 3.77. The van der Waals surface area contributed by atoms with Crippen LogP contribution in [0, 0.1) is 5.82 Å². The molecule has 4 nitrogen and oxygen atoms in total. The highest BCUT2D eigenvalue weighted by atomic mass is 35.5. The Balaban J connectivity index is 1.81. The summed E-state index contributed by atoms with van der Waals surface area (Å²) in [6.45, 7) is 2.58. The first-order valence-electron chi connectivity index (χ1n) is 5.38. The zero-order chi connectivity index (χ0) is 12.3. The van der Waals surface area contributed by atoms with E-state index in [9.17, 15) is 9.18 Å². The Kier molecular flexibility index (Phi) is 3.68. The zero-order valence-corrected chi connectivity index (χ0v) is 9.93. The number of halogens is 2. The highest BCUT2D eigenvalue weighted by Crippen LogP contribution is 2.18. The first-order chi connectivity index (χ1) is 8.16. The van der Waals surface area contributed by atoms with Gasteiger partial charge in [-0.15, -0.1) is 0 Å². The van der Waals surface area contributed by atoms with Crippen LogP contribution in [0.15, 0.2) is 18.2 Å². The van der Waals surface area contributed by atoms with Crippen molar-refractivity contribution < 1.29 is 9.18 Å². The van der Waals surface area contributed by atoms with Crippen molar-refractivity contribution in [3.05, 3.63) is 29.0 Å². The minimum absolute atomic E-state index is 0.0471. The summed E-state index contributed by atoms with van der Waals surface area (Å²) in [6, 6.07) is 4.50. The molecule has 6 heteroatoms. The molecule has 1 fully saturated rings. The van der Waals surface area contributed by atoms with Gasteiger partial charge in [-0.25, -0.2) is 9.18 Å². The average molecular weight is 258 g/mol. The molecular formula is C11H13ClFN3O. The van der Waals surface area contributed by atoms with Gasteiger partial charge in [-0.05, 0) is 18.2 Å². The van der Waals surface area contributed by atoms with E-state index in [1.165, 1.54) is 12.1 Å². The summed E-state index contributed by atoms with van der Waals surface area (Å²) in [7, 11) is 0. The molecule has 0 saturated carbocycles. The van der Waals surface area contributed by atoms with Gasteiger partial charge in [0, 0.05) is 31.9 Å². The van der Waals surface area contributed by atoms with Crippen molar-refractivity contribution in [1.82, 2.24) is 10.2 Å². The van der Waals surface area contributed by atoms with Crippen LogP contribution in [0.4, 0.5) is 14.9 Å². The van der Waals surface area contributed by atoms with Crippen LogP contribution in [0.25, 0.3) is 0 Å². The maximum atomic E-state index is 13.1. The van der Waals surface area contributed by atoms with Crippen LogP contribution in [0.3, 0.4) is 0 Å². The van der Waals surface area contributed by atoms with E-state index in [1.54, 1.807) is 11.0 Å². The highest BCUT2D eigenvalue weighted by molar-refractivity contribution is 6.30. The largest absolute Gasteiger partial charge is 0.383 e. The minimum Gasteiger partial charge on any atom is -0.383 e. The van der Waals surface area contributed by atoms with Gasteiger partial charge in [0.15, 0.2) is 0 Å². The third kappa shape index (κ3) is 3.00. The molecule has 1 aliphatic rings. The van der Waals surface area contributed by atoms with Gasteiger partial charge in [0.05, 0.1) is 5.02 Å². The van der Waals surface area contributed by atoms with E-state index < -0.39 is 5.82 Å². The van der Waals surface area contributed by atoms with Crippen molar-refractivity contribution >= 4 is 23.3 Å². The highest BCUT2D eigenvalue weighted by Gasteiger charge is 2.18. The number of carbonyl (C=O) groups excluding carboxylic acids is 1. The summed E-state index contributed by atoms with van der Waals surface area (Å²) < 4.78 is 13.1. The number of carbonyl (C=O) groups is 1. The number of hydrogen-bond acceptors (Lipinski definition) is 2. The van der Waals surface area contributed by atoms with Gasteiger partial charge in [0.1, 0.15) is 5.82 Å².